The molecule has 0 saturated heterocycles. The molecule has 1 aromatic carbocycles. The number of rotatable bonds is 5. The van der Waals surface area contributed by atoms with Gasteiger partial charge in [-0.2, -0.15) is 0 Å². The van der Waals surface area contributed by atoms with Gasteiger partial charge in [-0.05, 0) is 24.6 Å². The first-order chi connectivity index (χ1) is 8.94. The molecule has 0 aliphatic carbocycles. The molecule has 0 unspecified atom stereocenters. The van der Waals surface area contributed by atoms with Crippen LogP contribution >= 0.6 is 0 Å². The smallest absolute Gasteiger partial charge is 0.216 e. The van der Waals surface area contributed by atoms with Crippen LogP contribution in [0.2, 0.25) is 0 Å². The number of nitrogens with one attached hydrogen (secondary N) is 1. The van der Waals surface area contributed by atoms with Gasteiger partial charge in [0.1, 0.15) is 11.6 Å². The molecule has 5 nitrogen and oxygen atoms in total. The van der Waals surface area contributed by atoms with Gasteiger partial charge >= 0.3 is 0 Å². The molecule has 0 spiro atoms. The number of nitrogens with zero attached hydrogens (tertiary/aromatic N) is 1. The van der Waals surface area contributed by atoms with Crippen LogP contribution in [0.15, 0.2) is 34.9 Å². The van der Waals surface area contributed by atoms with E-state index in [0.717, 1.165) is 0 Å². The van der Waals surface area contributed by atoms with Crippen LogP contribution in [-0.2, 0) is 22.3 Å². The van der Waals surface area contributed by atoms with Gasteiger partial charge in [-0.1, -0.05) is 12.1 Å². The average Bonchev–Trinajstić information content (AvgIpc) is 2.76. The molecule has 0 aliphatic rings. The van der Waals surface area contributed by atoms with Crippen LogP contribution in [0.5, 0.6) is 0 Å². The second-order valence-corrected chi connectivity index (χ2v) is 5.88. The number of sulfonamides is 1. The van der Waals surface area contributed by atoms with E-state index in [1.54, 1.807) is 6.92 Å². The maximum atomic E-state index is 12.7. The summed E-state index contributed by atoms with van der Waals surface area (Å²) in [5.41, 5.74) is 0.512. The minimum Gasteiger partial charge on any atom is -0.445 e. The molecule has 1 heterocycles. The Labute approximate surface area is 110 Å². The second kappa shape index (κ2) is 5.50. The van der Waals surface area contributed by atoms with Gasteiger partial charge in [0.2, 0.25) is 15.9 Å². The van der Waals surface area contributed by atoms with Crippen LogP contribution < -0.4 is 4.72 Å². The number of halogens is 1. The third-order valence-corrected chi connectivity index (χ3v) is 3.68. The number of aryl methyl sites for hydroxylation is 1. The Balaban J connectivity index is 1.97. The van der Waals surface area contributed by atoms with Gasteiger partial charge < -0.3 is 4.42 Å². The van der Waals surface area contributed by atoms with Crippen LogP contribution in [0.3, 0.4) is 0 Å². The Morgan fingerprint density at radius 3 is 2.58 bits per heavy atom. The second-order valence-electron chi connectivity index (χ2n) is 4.07. The van der Waals surface area contributed by atoms with Crippen LogP contribution in [-0.4, -0.2) is 13.4 Å². The Morgan fingerprint density at radius 1 is 1.32 bits per heavy atom. The zero-order chi connectivity index (χ0) is 13.9. The molecule has 19 heavy (non-hydrogen) atoms. The van der Waals surface area contributed by atoms with Crippen LogP contribution in [0.4, 0.5) is 4.39 Å². The van der Waals surface area contributed by atoms with E-state index in [1.807, 2.05) is 0 Å². The summed E-state index contributed by atoms with van der Waals surface area (Å²) in [7, 11) is -3.51. The summed E-state index contributed by atoms with van der Waals surface area (Å²) in [6.07, 6.45) is 1.52. The number of oxazole rings is 1. The summed E-state index contributed by atoms with van der Waals surface area (Å²) in [6.45, 7) is 1.72. The summed E-state index contributed by atoms with van der Waals surface area (Å²) < 4.78 is 43.8. The molecule has 0 aliphatic heterocycles. The highest BCUT2D eigenvalue weighted by Crippen LogP contribution is 2.08. The summed E-state index contributed by atoms with van der Waals surface area (Å²) in [4.78, 5) is 3.89. The number of hydrogen-bond donors (Lipinski definition) is 1. The fourth-order valence-electron chi connectivity index (χ4n) is 1.51. The maximum Gasteiger partial charge on any atom is 0.216 e. The zero-order valence-electron chi connectivity index (χ0n) is 10.3. The maximum absolute atomic E-state index is 12.7. The summed E-state index contributed by atoms with van der Waals surface area (Å²) in [5, 5.41) is 0. The molecular weight excluding hydrogens is 271 g/mol. The monoisotopic (exact) mass is 284 g/mol. The summed E-state index contributed by atoms with van der Waals surface area (Å²) in [5.74, 6) is 0.310. The zero-order valence-corrected chi connectivity index (χ0v) is 11.1. The molecule has 0 bridgehead atoms. The largest absolute Gasteiger partial charge is 0.445 e. The molecule has 0 radical (unpaired) electrons. The van der Waals surface area contributed by atoms with Crippen molar-refractivity contribution < 1.29 is 17.2 Å². The van der Waals surface area contributed by atoms with Gasteiger partial charge in [-0.15, -0.1) is 0 Å². The lowest BCUT2D eigenvalue weighted by atomic mass is 10.2. The molecule has 0 fully saturated rings. The van der Waals surface area contributed by atoms with E-state index in [1.165, 1.54) is 30.5 Å². The molecular formula is C12H13FN2O3S. The predicted octanol–water partition coefficient (Wildman–Crippen LogP) is 1.74. The van der Waals surface area contributed by atoms with Crippen molar-refractivity contribution in [3.63, 3.8) is 0 Å². The van der Waals surface area contributed by atoms with Gasteiger partial charge in [0.25, 0.3) is 0 Å². The van der Waals surface area contributed by atoms with Gasteiger partial charge in [-0.25, -0.2) is 22.5 Å². The highest BCUT2D eigenvalue weighted by molar-refractivity contribution is 7.88. The molecule has 0 atom stereocenters. The predicted molar refractivity (Wildman–Crippen MR) is 67.1 cm³/mol. The van der Waals surface area contributed by atoms with E-state index in [0.29, 0.717) is 17.2 Å². The van der Waals surface area contributed by atoms with Gasteiger partial charge in [0.15, 0.2) is 0 Å². The van der Waals surface area contributed by atoms with Gasteiger partial charge in [0.05, 0.1) is 18.5 Å². The van der Waals surface area contributed by atoms with Crippen molar-refractivity contribution in [3.8, 4) is 0 Å². The van der Waals surface area contributed by atoms with Crippen molar-refractivity contribution in [2.75, 3.05) is 0 Å². The van der Waals surface area contributed by atoms with Gasteiger partial charge in [-0.3, -0.25) is 0 Å². The van der Waals surface area contributed by atoms with Crippen LogP contribution in [0, 0.1) is 12.7 Å². The van der Waals surface area contributed by atoms with E-state index in [2.05, 4.69) is 9.71 Å². The Bertz CT molecular complexity index is 650. The van der Waals surface area contributed by atoms with Crippen molar-refractivity contribution in [1.82, 2.24) is 9.71 Å². The first-order valence-electron chi connectivity index (χ1n) is 5.58. The summed E-state index contributed by atoms with van der Waals surface area (Å²) in [6, 6.07) is 5.32. The third kappa shape index (κ3) is 4.15. The van der Waals surface area contributed by atoms with Crippen molar-refractivity contribution >= 4 is 10.0 Å². The molecule has 1 N–H and O–H groups in total. The Kier molecular flexibility index (Phi) is 3.96. The van der Waals surface area contributed by atoms with Crippen molar-refractivity contribution in [3.05, 3.63) is 53.5 Å². The average molecular weight is 284 g/mol. The van der Waals surface area contributed by atoms with Crippen LogP contribution in [0.25, 0.3) is 0 Å². The van der Waals surface area contributed by atoms with Crippen LogP contribution in [0.1, 0.15) is 17.2 Å². The highest BCUT2D eigenvalue weighted by Gasteiger charge is 2.13. The minimum atomic E-state index is -3.51. The molecule has 102 valence electrons. The van der Waals surface area contributed by atoms with Gasteiger partial charge in [0, 0.05) is 0 Å². The highest BCUT2D eigenvalue weighted by atomic mass is 32.2. The normalized spacial score (nSPS) is 11.7. The Morgan fingerprint density at radius 2 is 2.00 bits per heavy atom. The first-order valence-corrected chi connectivity index (χ1v) is 7.23. The molecule has 0 amide bonds. The lowest BCUT2D eigenvalue weighted by Gasteiger charge is -2.05. The van der Waals surface area contributed by atoms with E-state index < -0.39 is 15.8 Å². The van der Waals surface area contributed by atoms with E-state index in [4.69, 9.17) is 4.42 Å². The minimum absolute atomic E-state index is 0.00261. The van der Waals surface area contributed by atoms with E-state index >= 15 is 0 Å². The van der Waals surface area contributed by atoms with E-state index in [9.17, 15) is 12.8 Å². The lowest BCUT2D eigenvalue weighted by Crippen LogP contribution is -2.24. The topological polar surface area (TPSA) is 72.2 Å². The SMILES string of the molecule is Cc1cnc(CNS(=O)(=O)Cc2ccc(F)cc2)o1. The standard InChI is InChI=1S/C12H13FN2O3S/c1-9-6-14-12(18-9)7-15-19(16,17)8-10-2-4-11(13)5-3-10/h2-6,15H,7-8H2,1H3. The number of aromatic nitrogens is 1. The van der Waals surface area contributed by atoms with Crippen molar-refractivity contribution in [2.45, 2.75) is 19.2 Å². The molecule has 0 saturated carbocycles. The third-order valence-electron chi connectivity index (χ3n) is 2.38. The molecule has 7 heteroatoms. The molecule has 1 aromatic heterocycles. The first kappa shape index (κ1) is 13.7. The molecule has 2 aromatic rings. The lowest BCUT2D eigenvalue weighted by molar-refractivity contribution is 0.463. The summed E-state index contributed by atoms with van der Waals surface area (Å²) >= 11 is 0. The van der Waals surface area contributed by atoms with Crippen molar-refractivity contribution in [2.24, 2.45) is 0 Å². The fraction of sp³-hybridized carbons (Fsp3) is 0.250. The Hall–Kier alpha value is -1.73. The fourth-order valence-corrected chi connectivity index (χ4v) is 2.58. The quantitative estimate of drug-likeness (QED) is 0.907. The molecule has 2 rings (SSSR count). The van der Waals surface area contributed by atoms with Crippen molar-refractivity contribution in [1.29, 1.82) is 0 Å². The number of benzene rings is 1. The van der Waals surface area contributed by atoms with E-state index in [-0.39, 0.29) is 12.3 Å². The number of hydrogen-bond acceptors (Lipinski definition) is 4.